The quantitative estimate of drug-likeness (QED) is 0.0351. The van der Waals surface area contributed by atoms with Crippen LogP contribution in [0.3, 0.4) is 0 Å². The average Bonchev–Trinajstić information content (AvgIpc) is 3.92. The lowest BCUT2D eigenvalue weighted by molar-refractivity contribution is -0.122. The molecule has 3 atom stereocenters. The van der Waals surface area contributed by atoms with Gasteiger partial charge >= 0.3 is 6.03 Å². The number of benzene rings is 1. The lowest BCUT2D eigenvalue weighted by Gasteiger charge is -2.23. The number of nitrogens with zero attached hydrogens (tertiary/aromatic N) is 1. The van der Waals surface area contributed by atoms with E-state index in [2.05, 4.69) is 26.6 Å². The molecule has 71 heavy (non-hydrogen) atoms. The minimum absolute atomic E-state index is 0.00712. The number of aryl methyl sites for hydroxylation is 1. The molecule has 2 aliphatic heterocycles. The third-order valence-corrected chi connectivity index (χ3v) is 13.0. The van der Waals surface area contributed by atoms with E-state index in [1.807, 2.05) is 49.9 Å². The van der Waals surface area contributed by atoms with Crippen LogP contribution in [0.25, 0.3) is 0 Å². The smallest absolute Gasteiger partial charge is 0.315 e. The van der Waals surface area contributed by atoms with E-state index < -0.39 is 0 Å². The summed E-state index contributed by atoms with van der Waals surface area (Å²) in [5.41, 5.74) is 1.91. The lowest BCUT2D eigenvalue weighted by Crippen LogP contribution is -2.36. The molecule has 2 heterocycles. The van der Waals surface area contributed by atoms with Crippen LogP contribution in [0.2, 0.25) is 0 Å². The minimum atomic E-state index is -0.0725. The van der Waals surface area contributed by atoms with Crippen molar-refractivity contribution in [1.82, 2.24) is 26.6 Å². The Bertz CT molecular complexity index is 1630. The fraction of sp³-hybridized carbons (Fsp3) is 0.745. The zero-order valence-corrected chi connectivity index (χ0v) is 43.5. The monoisotopic (exact) mass is 1020 g/mol. The third kappa shape index (κ3) is 30.7. The SMILES string of the molecule is C/C=C/C(=O)N(CCOCCOCCOCCOCCOCCOCCOCCOCCNC(=O)CCCCCNC(=O)CCCCCNC(=O)CCCCC1SCC2NC(=O)NC21)c1ccccc1C. The minimum Gasteiger partial charge on any atom is -0.377 e. The van der Waals surface area contributed by atoms with Crippen LogP contribution in [0.4, 0.5) is 10.5 Å². The highest BCUT2D eigenvalue weighted by Crippen LogP contribution is 2.33. The first-order chi connectivity index (χ1) is 34.8. The number of hydrogen-bond donors (Lipinski definition) is 5. The third-order valence-electron chi connectivity index (χ3n) is 11.5. The second-order valence-electron chi connectivity index (χ2n) is 17.2. The molecule has 0 radical (unpaired) electrons. The number of urea groups is 1. The van der Waals surface area contributed by atoms with Crippen LogP contribution in [-0.2, 0) is 57.1 Å². The van der Waals surface area contributed by atoms with Gasteiger partial charge in [-0.3, -0.25) is 19.2 Å². The first-order valence-corrected chi connectivity index (χ1v) is 26.9. The molecule has 3 rings (SSSR count). The number of fused-ring (bicyclic) bond motifs is 1. The number of amides is 6. The second-order valence-corrected chi connectivity index (χ2v) is 18.5. The zero-order valence-electron chi connectivity index (χ0n) is 42.7. The molecule has 19 nitrogen and oxygen atoms in total. The molecule has 0 saturated carbocycles. The van der Waals surface area contributed by atoms with Crippen LogP contribution in [0.15, 0.2) is 36.4 Å². The van der Waals surface area contributed by atoms with Gasteiger partial charge in [-0.2, -0.15) is 11.8 Å². The van der Waals surface area contributed by atoms with Crippen molar-refractivity contribution >= 4 is 47.1 Å². The van der Waals surface area contributed by atoms with Gasteiger partial charge in [0.1, 0.15) is 0 Å². The molecule has 2 aliphatic rings. The Morgan fingerprint density at radius 3 is 1.54 bits per heavy atom. The number of carbonyl (C=O) groups excluding carboxylic acids is 5. The molecule has 0 bridgehead atoms. The van der Waals surface area contributed by atoms with Crippen molar-refractivity contribution in [2.75, 3.05) is 143 Å². The van der Waals surface area contributed by atoms with Gasteiger partial charge in [-0.1, -0.05) is 43.5 Å². The number of nitrogens with one attached hydrogen (secondary N) is 5. The summed E-state index contributed by atoms with van der Waals surface area (Å²) in [5, 5.41) is 15.2. The summed E-state index contributed by atoms with van der Waals surface area (Å²) >= 11 is 1.90. The molecule has 1 aromatic rings. The van der Waals surface area contributed by atoms with Crippen LogP contribution in [0, 0.1) is 6.92 Å². The summed E-state index contributed by atoms with van der Waals surface area (Å²) in [6.45, 7) is 13.1. The van der Waals surface area contributed by atoms with Crippen molar-refractivity contribution in [3.05, 3.63) is 42.0 Å². The molecule has 0 aliphatic carbocycles. The van der Waals surface area contributed by atoms with Gasteiger partial charge in [-0.25, -0.2) is 4.79 Å². The molecule has 2 fully saturated rings. The molecule has 6 amide bonds. The number of ether oxygens (including phenoxy) is 8. The molecule has 3 unspecified atom stereocenters. The molecule has 0 aromatic heterocycles. The van der Waals surface area contributed by atoms with Crippen LogP contribution in [0.5, 0.6) is 0 Å². The number of unbranched alkanes of at least 4 members (excludes halogenated alkanes) is 5. The molecular formula is C51H86N6O13S. The topological polar surface area (TPSA) is 223 Å². The van der Waals surface area contributed by atoms with Gasteiger partial charge in [-0.15, -0.1) is 0 Å². The molecule has 0 spiro atoms. The fourth-order valence-corrected chi connectivity index (χ4v) is 9.22. The van der Waals surface area contributed by atoms with Gasteiger partial charge in [0.25, 0.3) is 5.91 Å². The molecule has 404 valence electrons. The van der Waals surface area contributed by atoms with Crippen molar-refractivity contribution in [2.45, 2.75) is 108 Å². The summed E-state index contributed by atoms with van der Waals surface area (Å²) in [7, 11) is 0. The maximum atomic E-state index is 12.6. The van der Waals surface area contributed by atoms with Crippen LogP contribution >= 0.6 is 11.8 Å². The largest absolute Gasteiger partial charge is 0.377 e. The Balaban J connectivity index is 0.934. The van der Waals surface area contributed by atoms with Crippen LogP contribution in [-0.4, -0.2) is 185 Å². The summed E-state index contributed by atoms with van der Waals surface area (Å²) in [6.07, 6.45) is 12.5. The predicted molar refractivity (Wildman–Crippen MR) is 275 cm³/mol. The molecule has 20 heteroatoms. The van der Waals surface area contributed by atoms with E-state index in [0.717, 1.165) is 74.8 Å². The summed E-state index contributed by atoms with van der Waals surface area (Å²) in [5.74, 6) is 0.989. The van der Waals surface area contributed by atoms with E-state index in [0.29, 0.717) is 156 Å². The Hall–Kier alpha value is -3.86. The van der Waals surface area contributed by atoms with Crippen LogP contribution < -0.4 is 31.5 Å². The highest BCUT2D eigenvalue weighted by atomic mass is 32.2. The number of anilines is 1. The van der Waals surface area contributed by atoms with E-state index >= 15 is 0 Å². The van der Waals surface area contributed by atoms with Crippen molar-refractivity contribution in [1.29, 1.82) is 0 Å². The van der Waals surface area contributed by atoms with E-state index in [-0.39, 0.29) is 41.7 Å². The predicted octanol–water partition coefficient (Wildman–Crippen LogP) is 4.23. The van der Waals surface area contributed by atoms with Gasteiger partial charge in [0.2, 0.25) is 17.7 Å². The molecule has 2 saturated heterocycles. The molecular weight excluding hydrogens is 937 g/mol. The number of thioether (sulfide) groups is 1. The lowest BCUT2D eigenvalue weighted by atomic mass is 10.0. The number of hydrogen-bond acceptors (Lipinski definition) is 14. The maximum absolute atomic E-state index is 12.6. The van der Waals surface area contributed by atoms with Crippen molar-refractivity contribution in [2.24, 2.45) is 0 Å². The summed E-state index contributed by atoms with van der Waals surface area (Å²) in [4.78, 5) is 62.2. The van der Waals surface area contributed by atoms with Crippen molar-refractivity contribution in [3.63, 3.8) is 0 Å². The number of carbonyl (C=O) groups is 5. The summed E-state index contributed by atoms with van der Waals surface area (Å²) < 4.78 is 44.4. The average molecular weight is 1020 g/mol. The number of rotatable bonds is 46. The van der Waals surface area contributed by atoms with E-state index in [4.69, 9.17) is 37.9 Å². The summed E-state index contributed by atoms with van der Waals surface area (Å²) in [6, 6.07) is 8.19. The normalized spacial score (nSPS) is 16.2. The molecule has 1 aromatic carbocycles. The van der Waals surface area contributed by atoms with E-state index in [1.165, 1.54) is 0 Å². The van der Waals surface area contributed by atoms with Gasteiger partial charge in [0.15, 0.2) is 0 Å². The number of para-hydroxylation sites is 1. The van der Waals surface area contributed by atoms with Gasteiger partial charge in [-0.05, 0) is 70.1 Å². The zero-order chi connectivity index (χ0) is 50.8. The van der Waals surface area contributed by atoms with Gasteiger partial charge in [0, 0.05) is 62.1 Å². The van der Waals surface area contributed by atoms with E-state index in [1.54, 1.807) is 17.1 Å². The Morgan fingerprint density at radius 2 is 1.04 bits per heavy atom. The first-order valence-electron chi connectivity index (χ1n) is 25.9. The Kier molecular flexibility index (Phi) is 36.0. The standard InChI is InChI=1S/C51H86N6O13S/c1-3-14-49(61)57(44-16-9-8-15-42(44)2)24-26-64-28-30-66-32-34-68-36-38-70-40-39-69-37-35-67-33-31-65-29-27-63-25-23-54-48(60)19-7-5-13-21-52-46(58)18-6-4-12-22-53-47(59)20-11-10-17-45-50-43(41-71-45)55-51(62)56-50/h3,8-9,14-16,43,45,50H,4-7,10-13,17-41H2,1-2H3,(H,52,58)(H,53,59)(H,54,60)(H2,55,56,62)/b14-3+. The Labute approximate surface area is 427 Å². The maximum Gasteiger partial charge on any atom is 0.315 e. The highest BCUT2D eigenvalue weighted by Gasteiger charge is 2.42. The fourth-order valence-electron chi connectivity index (χ4n) is 7.68. The van der Waals surface area contributed by atoms with Crippen molar-refractivity contribution in [3.8, 4) is 0 Å². The van der Waals surface area contributed by atoms with Crippen molar-refractivity contribution < 1.29 is 61.9 Å². The first kappa shape index (κ1) is 61.4. The van der Waals surface area contributed by atoms with Gasteiger partial charge < -0.3 is 69.4 Å². The molecule has 5 N–H and O–H groups in total. The Morgan fingerprint density at radius 1 is 0.592 bits per heavy atom. The highest BCUT2D eigenvalue weighted by molar-refractivity contribution is 8.00. The number of allylic oxidation sites excluding steroid dienone is 1. The second kappa shape index (κ2) is 41.6. The van der Waals surface area contributed by atoms with Gasteiger partial charge in [0.05, 0.1) is 118 Å². The van der Waals surface area contributed by atoms with Crippen LogP contribution in [0.1, 0.15) is 89.5 Å². The van der Waals surface area contributed by atoms with E-state index in [9.17, 15) is 24.0 Å².